The molecule has 1 aliphatic rings. The van der Waals surface area contributed by atoms with Crippen LogP contribution in [-0.4, -0.2) is 59.8 Å². The number of hydrogen-bond acceptors (Lipinski definition) is 5. The molecule has 7 nitrogen and oxygen atoms in total. The van der Waals surface area contributed by atoms with Gasteiger partial charge in [0.05, 0.1) is 35.3 Å². The van der Waals surface area contributed by atoms with Crippen LogP contribution in [0.1, 0.15) is 15.9 Å². The van der Waals surface area contributed by atoms with Crippen LogP contribution < -0.4 is 4.74 Å². The van der Waals surface area contributed by atoms with Crippen molar-refractivity contribution in [2.75, 3.05) is 33.3 Å². The first-order valence-electron chi connectivity index (χ1n) is 10.1. The average molecular weight is 493 g/mol. The maximum atomic E-state index is 13.1. The Morgan fingerprint density at radius 2 is 1.78 bits per heavy atom. The van der Waals surface area contributed by atoms with Gasteiger partial charge >= 0.3 is 0 Å². The van der Waals surface area contributed by atoms with Crippen LogP contribution in [0.2, 0.25) is 0 Å². The fourth-order valence-electron chi connectivity index (χ4n) is 3.97. The first-order chi connectivity index (χ1) is 15.5. The third kappa shape index (κ3) is 3.99. The molecule has 0 radical (unpaired) electrons. The Morgan fingerprint density at radius 3 is 2.44 bits per heavy atom. The van der Waals surface area contributed by atoms with Crippen molar-refractivity contribution < 1.29 is 14.3 Å². The number of fused-ring (bicyclic) bond motifs is 1. The number of benzene rings is 2. The average Bonchev–Trinajstić information content (AvgIpc) is 3.29. The molecule has 8 heteroatoms. The number of Topliss-reactive ketones (excluding diaryl/α,β-unsaturated/α-hetero) is 1. The van der Waals surface area contributed by atoms with Crippen molar-refractivity contribution in [1.82, 2.24) is 14.8 Å². The van der Waals surface area contributed by atoms with Crippen molar-refractivity contribution in [3.05, 3.63) is 70.3 Å². The number of nitrogens with zero attached hydrogens (tertiary/aromatic N) is 3. The smallest absolute Gasteiger partial charge is 0.295 e. The highest BCUT2D eigenvalue weighted by Crippen LogP contribution is 2.34. The van der Waals surface area contributed by atoms with Crippen LogP contribution in [-0.2, 0) is 4.79 Å². The summed E-state index contributed by atoms with van der Waals surface area (Å²) in [4.78, 5) is 32.8. The minimum absolute atomic E-state index is 0.292. The van der Waals surface area contributed by atoms with Crippen LogP contribution in [0.15, 0.2) is 59.2 Å². The number of carbonyl (C=O) groups excluding carboxylic acids is 2. The Bertz CT molecular complexity index is 1240. The molecule has 0 unspecified atom stereocenters. The molecule has 0 aliphatic carbocycles. The zero-order valence-corrected chi connectivity index (χ0v) is 19.1. The number of methoxy groups -OCH3 is 1. The van der Waals surface area contributed by atoms with Crippen LogP contribution >= 0.6 is 15.9 Å². The minimum Gasteiger partial charge on any atom is -0.496 e. The predicted molar refractivity (Wildman–Crippen MR) is 125 cm³/mol. The summed E-state index contributed by atoms with van der Waals surface area (Å²) in [5, 5.41) is 9.80. The first kappa shape index (κ1) is 21.7. The van der Waals surface area contributed by atoms with E-state index in [2.05, 4.69) is 31.9 Å². The Morgan fingerprint density at radius 1 is 1.09 bits per heavy atom. The fourth-order valence-corrected chi connectivity index (χ4v) is 4.41. The van der Waals surface area contributed by atoms with Gasteiger partial charge in [0.25, 0.3) is 11.7 Å². The molecule has 3 aromatic rings. The third-order valence-electron chi connectivity index (χ3n) is 5.58. The zero-order chi connectivity index (χ0) is 22.7. The molecule has 2 heterocycles. The molecular formula is C24H21BrN4O3. The molecular weight excluding hydrogens is 472 g/mol. The molecule has 0 spiro atoms. The van der Waals surface area contributed by atoms with Gasteiger partial charge in [-0.2, -0.15) is 5.26 Å². The highest BCUT2D eigenvalue weighted by Gasteiger charge is 2.30. The van der Waals surface area contributed by atoms with Gasteiger partial charge < -0.3 is 19.5 Å². The number of aromatic nitrogens is 1. The second kappa shape index (κ2) is 9.28. The van der Waals surface area contributed by atoms with Crippen molar-refractivity contribution in [3.8, 4) is 11.8 Å². The third-order valence-corrected chi connectivity index (χ3v) is 6.24. The van der Waals surface area contributed by atoms with Gasteiger partial charge in [-0.1, -0.05) is 30.3 Å². The SMILES string of the molecule is COc1ccc(Br)c2[nH]cc(C(=O)C(=O)N3CCN(C(=CC#N)c4ccccc4)CC3)c12. The van der Waals surface area contributed by atoms with Gasteiger partial charge in [-0.25, -0.2) is 0 Å². The summed E-state index contributed by atoms with van der Waals surface area (Å²) in [5.41, 5.74) is 2.76. The van der Waals surface area contributed by atoms with Crippen LogP contribution in [0.25, 0.3) is 16.6 Å². The summed E-state index contributed by atoms with van der Waals surface area (Å²) >= 11 is 3.46. The van der Waals surface area contributed by atoms with E-state index in [1.54, 1.807) is 17.2 Å². The van der Waals surface area contributed by atoms with E-state index in [0.717, 1.165) is 15.7 Å². The van der Waals surface area contributed by atoms with Crippen molar-refractivity contribution in [1.29, 1.82) is 5.26 Å². The number of ether oxygens (including phenoxy) is 1. The Balaban J connectivity index is 1.51. The second-order valence-corrected chi connectivity index (χ2v) is 8.19. The number of nitriles is 1. The molecule has 2 aromatic carbocycles. The molecule has 0 atom stereocenters. The van der Waals surface area contributed by atoms with E-state index in [4.69, 9.17) is 4.74 Å². The maximum Gasteiger partial charge on any atom is 0.295 e. The molecule has 1 saturated heterocycles. The summed E-state index contributed by atoms with van der Waals surface area (Å²) in [5.74, 6) is -0.588. The Hall–Kier alpha value is -3.57. The number of amides is 1. The normalized spacial score (nSPS) is 14.3. The van der Waals surface area contributed by atoms with Gasteiger partial charge in [0.2, 0.25) is 0 Å². The zero-order valence-electron chi connectivity index (χ0n) is 17.5. The number of H-pyrrole nitrogens is 1. The van der Waals surface area contributed by atoms with E-state index in [1.165, 1.54) is 13.2 Å². The van der Waals surface area contributed by atoms with Gasteiger partial charge in [-0.15, -0.1) is 0 Å². The van der Waals surface area contributed by atoms with Crippen molar-refractivity contribution in [2.45, 2.75) is 0 Å². The summed E-state index contributed by atoms with van der Waals surface area (Å²) < 4.78 is 6.19. The highest BCUT2D eigenvalue weighted by molar-refractivity contribution is 9.10. The topological polar surface area (TPSA) is 89.4 Å². The molecule has 1 aromatic heterocycles. The highest BCUT2D eigenvalue weighted by atomic mass is 79.9. The number of rotatable bonds is 5. The summed E-state index contributed by atoms with van der Waals surface area (Å²) in [6, 6.07) is 15.4. The number of hydrogen-bond donors (Lipinski definition) is 1. The quantitative estimate of drug-likeness (QED) is 0.332. The van der Waals surface area contributed by atoms with E-state index in [1.807, 2.05) is 36.4 Å². The number of halogens is 1. The lowest BCUT2D eigenvalue weighted by Crippen LogP contribution is -2.49. The van der Waals surface area contributed by atoms with Gasteiger partial charge in [-0.05, 0) is 33.6 Å². The summed E-state index contributed by atoms with van der Waals surface area (Å²) in [7, 11) is 1.53. The second-order valence-electron chi connectivity index (χ2n) is 7.34. The predicted octanol–water partition coefficient (Wildman–Crippen LogP) is 3.83. The molecule has 1 aliphatic heterocycles. The maximum absolute atomic E-state index is 13.1. The Labute approximate surface area is 194 Å². The van der Waals surface area contributed by atoms with Gasteiger partial charge in [0.15, 0.2) is 0 Å². The molecule has 1 fully saturated rings. The van der Waals surface area contributed by atoms with Gasteiger partial charge in [0.1, 0.15) is 5.75 Å². The number of carbonyl (C=O) groups is 2. The van der Waals surface area contributed by atoms with Crippen LogP contribution in [0.3, 0.4) is 0 Å². The fraction of sp³-hybridized carbons (Fsp3) is 0.208. The molecule has 0 saturated carbocycles. The molecule has 0 bridgehead atoms. The van der Waals surface area contributed by atoms with E-state index in [-0.39, 0.29) is 0 Å². The Kier molecular flexibility index (Phi) is 6.28. The summed E-state index contributed by atoms with van der Waals surface area (Å²) in [6.07, 6.45) is 3.08. The number of piperazine rings is 1. The first-order valence-corrected chi connectivity index (χ1v) is 10.9. The number of nitrogens with one attached hydrogen (secondary N) is 1. The molecule has 1 N–H and O–H groups in total. The van der Waals surface area contributed by atoms with E-state index in [0.29, 0.717) is 48.4 Å². The minimum atomic E-state index is -0.572. The van der Waals surface area contributed by atoms with Crippen molar-refractivity contribution in [3.63, 3.8) is 0 Å². The van der Waals surface area contributed by atoms with E-state index < -0.39 is 11.7 Å². The van der Waals surface area contributed by atoms with Crippen LogP contribution in [0.4, 0.5) is 0 Å². The lowest BCUT2D eigenvalue weighted by molar-refractivity contribution is -0.127. The van der Waals surface area contributed by atoms with Crippen molar-refractivity contribution in [2.24, 2.45) is 0 Å². The lowest BCUT2D eigenvalue weighted by atomic mass is 10.1. The number of ketones is 1. The molecule has 32 heavy (non-hydrogen) atoms. The molecule has 4 rings (SSSR count). The van der Waals surface area contributed by atoms with Gasteiger partial charge in [-0.3, -0.25) is 9.59 Å². The van der Waals surface area contributed by atoms with E-state index in [9.17, 15) is 14.9 Å². The summed E-state index contributed by atoms with van der Waals surface area (Å²) in [6.45, 7) is 1.85. The van der Waals surface area contributed by atoms with Crippen molar-refractivity contribution >= 4 is 44.2 Å². The molecule has 1 amide bonds. The van der Waals surface area contributed by atoms with Crippen LogP contribution in [0, 0.1) is 11.3 Å². The monoisotopic (exact) mass is 492 g/mol. The molecule has 162 valence electrons. The standard InChI is InChI=1S/C24H21BrN4O3/c1-32-20-8-7-18(25)22-21(20)17(15-27-22)23(30)24(31)29-13-11-28(12-14-29)19(9-10-26)16-5-3-2-4-6-16/h2-9,15,27H,11-14H2,1H3. The lowest BCUT2D eigenvalue weighted by Gasteiger charge is -2.37. The number of aromatic amines is 1. The van der Waals surface area contributed by atoms with Gasteiger partial charge in [0, 0.05) is 42.9 Å². The van der Waals surface area contributed by atoms with E-state index >= 15 is 0 Å². The largest absolute Gasteiger partial charge is 0.496 e. The number of allylic oxidation sites excluding steroid dienone is 1. The van der Waals surface area contributed by atoms with Crippen LogP contribution in [0.5, 0.6) is 5.75 Å².